The van der Waals surface area contributed by atoms with Crippen molar-refractivity contribution in [2.24, 2.45) is 0 Å². The van der Waals surface area contributed by atoms with Gasteiger partial charge in [-0.1, -0.05) is 67.6 Å². The van der Waals surface area contributed by atoms with Crippen LogP contribution in [0.2, 0.25) is 0 Å². The summed E-state index contributed by atoms with van der Waals surface area (Å²) in [5.41, 5.74) is 5.39. The molecule has 1 N–H and O–H groups in total. The molecule has 0 aliphatic heterocycles. The quantitative estimate of drug-likeness (QED) is 0.341. The van der Waals surface area contributed by atoms with Crippen LogP contribution < -0.4 is 10.1 Å². The van der Waals surface area contributed by atoms with Gasteiger partial charge in [0, 0.05) is 17.7 Å². The van der Waals surface area contributed by atoms with E-state index in [4.69, 9.17) is 9.72 Å². The van der Waals surface area contributed by atoms with E-state index in [2.05, 4.69) is 24.4 Å². The molecule has 1 atom stereocenters. The van der Waals surface area contributed by atoms with Gasteiger partial charge in [-0.25, -0.2) is 4.98 Å². The third kappa shape index (κ3) is 4.74. The second-order valence-corrected chi connectivity index (χ2v) is 8.27. The van der Waals surface area contributed by atoms with Crippen LogP contribution in [0.4, 0.5) is 0 Å². The van der Waals surface area contributed by atoms with E-state index in [0.29, 0.717) is 17.9 Å². The number of ether oxygens (including phenoxy) is 1. The fourth-order valence-electron chi connectivity index (χ4n) is 4.20. The Kier molecular flexibility index (Phi) is 7.12. The minimum absolute atomic E-state index is 0.149. The van der Waals surface area contributed by atoms with Crippen LogP contribution in [-0.4, -0.2) is 22.6 Å². The second kappa shape index (κ2) is 10.4. The number of nitrogens with zero attached hydrogens (tertiary/aromatic N) is 2. The Bertz CT molecular complexity index is 1280. The van der Waals surface area contributed by atoms with Crippen LogP contribution in [-0.2, 0) is 13.0 Å². The Morgan fingerprint density at radius 2 is 1.71 bits per heavy atom. The minimum Gasteiger partial charge on any atom is -0.497 e. The normalized spacial score (nSPS) is 11.8. The lowest BCUT2D eigenvalue weighted by Crippen LogP contribution is -2.29. The maximum Gasteiger partial charge on any atom is 0.270 e. The van der Waals surface area contributed by atoms with Gasteiger partial charge >= 0.3 is 0 Å². The van der Waals surface area contributed by atoms with Crippen molar-refractivity contribution in [3.8, 4) is 28.4 Å². The van der Waals surface area contributed by atoms with Crippen LogP contribution in [0.3, 0.4) is 0 Å². The number of carbonyl (C=O) groups excluding carboxylic acids is 1. The molecule has 1 amide bonds. The lowest BCUT2D eigenvalue weighted by atomic mass is 10.0. The van der Waals surface area contributed by atoms with Crippen LogP contribution in [0, 0.1) is 0 Å². The molecule has 4 aromatic rings. The summed E-state index contributed by atoms with van der Waals surface area (Å²) < 4.78 is 7.37. The monoisotopic (exact) mass is 453 g/mol. The highest BCUT2D eigenvalue weighted by Crippen LogP contribution is 2.31. The summed E-state index contributed by atoms with van der Waals surface area (Å²) in [6, 6.07) is 25.9. The minimum atomic E-state index is -0.196. The van der Waals surface area contributed by atoms with Crippen LogP contribution in [0.25, 0.3) is 22.6 Å². The third-order valence-corrected chi connectivity index (χ3v) is 6.08. The van der Waals surface area contributed by atoms with Crippen LogP contribution in [0.5, 0.6) is 5.75 Å². The summed E-state index contributed by atoms with van der Waals surface area (Å²) in [6.07, 6.45) is 0.919. The molecule has 0 unspecified atom stereocenters. The Morgan fingerprint density at radius 1 is 0.971 bits per heavy atom. The zero-order valence-corrected chi connectivity index (χ0v) is 20.2. The van der Waals surface area contributed by atoms with Gasteiger partial charge in [-0.05, 0) is 49.6 Å². The molecule has 1 aromatic heterocycles. The number of aromatic nitrogens is 2. The molecular formula is C29H31N3O2. The van der Waals surface area contributed by atoms with Gasteiger partial charge in [-0.15, -0.1) is 0 Å². The summed E-state index contributed by atoms with van der Waals surface area (Å²) >= 11 is 0. The number of imidazole rings is 1. The van der Waals surface area contributed by atoms with Crippen molar-refractivity contribution in [1.29, 1.82) is 0 Å². The average Bonchev–Trinajstić information content (AvgIpc) is 3.29. The lowest BCUT2D eigenvalue weighted by Gasteiger charge is -2.17. The van der Waals surface area contributed by atoms with E-state index in [1.54, 1.807) is 7.11 Å². The molecule has 0 radical (unpaired) electrons. The molecule has 34 heavy (non-hydrogen) atoms. The number of hydrogen-bond donors (Lipinski definition) is 1. The Hall–Kier alpha value is -3.86. The fraction of sp³-hybridized carbons (Fsp3) is 0.241. The largest absolute Gasteiger partial charge is 0.497 e. The Morgan fingerprint density at radius 3 is 2.41 bits per heavy atom. The van der Waals surface area contributed by atoms with E-state index in [-0.39, 0.29) is 11.9 Å². The first kappa shape index (κ1) is 23.3. The Labute approximate surface area is 201 Å². The third-order valence-electron chi connectivity index (χ3n) is 6.08. The highest BCUT2D eigenvalue weighted by molar-refractivity contribution is 5.99. The van der Waals surface area contributed by atoms with Crippen molar-refractivity contribution in [2.75, 3.05) is 7.11 Å². The van der Waals surface area contributed by atoms with Crippen LogP contribution in [0.15, 0.2) is 78.9 Å². The molecule has 1 heterocycles. The van der Waals surface area contributed by atoms with Gasteiger partial charge in [-0.2, -0.15) is 0 Å². The maximum absolute atomic E-state index is 13.8. The fourth-order valence-corrected chi connectivity index (χ4v) is 4.20. The second-order valence-electron chi connectivity index (χ2n) is 8.27. The van der Waals surface area contributed by atoms with Crippen molar-refractivity contribution >= 4 is 5.91 Å². The predicted octanol–water partition coefficient (Wildman–Crippen LogP) is 6.30. The van der Waals surface area contributed by atoms with Gasteiger partial charge < -0.3 is 14.6 Å². The number of hydrogen-bond acceptors (Lipinski definition) is 3. The molecule has 0 bridgehead atoms. The van der Waals surface area contributed by atoms with E-state index >= 15 is 0 Å². The first-order chi connectivity index (χ1) is 16.5. The van der Waals surface area contributed by atoms with E-state index in [9.17, 15) is 4.79 Å². The molecule has 0 saturated carbocycles. The van der Waals surface area contributed by atoms with E-state index in [1.165, 1.54) is 5.56 Å². The van der Waals surface area contributed by atoms with E-state index in [1.807, 2.05) is 85.1 Å². The van der Waals surface area contributed by atoms with E-state index < -0.39 is 0 Å². The van der Waals surface area contributed by atoms with Gasteiger partial charge in [0.15, 0.2) is 0 Å². The molecule has 4 rings (SSSR count). The number of carbonyl (C=O) groups is 1. The summed E-state index contributed by atoms with van der Waals surface area (Å²) in [5.74, 6) is 1.41. The SMILES string of the molecule is CCc1cccc(-c2nc(-c3ccccc3)n(CC)c2C(=O)N[C@@H](C)c2cccc(OC)c2)c1. The van der Waals surface area contributed by atoms with Crippen molar-refractivity contribution in [2.45, 2.75) is 39.8 Å². The zero-order valence-electron chi connectivity index (χ0n) is 20.2. The molecule has 0 aliphatic carbocycles. The molecule has 0 saturated heterocycles. The smallest absolute Gasteiger partial charge is 0.270 e. The van der Waals surface area contributed by atoms with Gasteiger partial charge in [0.1, 0.15) is 23.0 Å². The first-order valence-electron chi connectivity index (χ1n) is 11.8. The summed E-state index contributed by atoms with van der Waals surface area (Å²) in [7, 11) is 1.64. The van der Waals surface area contributed by atoms with Crippen molar-refractivity contribution in [3.05, 3.63) is 95.7 Å². The number of amides is 1. The van der Waals surface area contributed by atoms with Crippen LogP contribution >= 0.6 is 0 Å². The summed E-state index contributed by atoms with van der Waals surface area (Å²) in [4.78, 5) is 18.8. The molecule has 0 aliphatic rings. The van der Waals surface area contributed by atoms with Crippen molar-refractivity contribution in [3.63, 3.8) is 0 Å². The summed E-state index contributed by atoms with van der Waals surface area (Å²) in [6.45, 7) is 6.78. The summed E-state index contributed by atoms with van der Waals surface area (Å²) in [5, 5.41) is 3.19. The lowest BCUT2D eigenvalue weighted by molar-refractivity contribution is 0.0931. The standard InChI is InChI=1S/C29H31N3O2/c1-5-21-12-10-16-24(18-21)26-27(32(6-2)28(31-26)22-13-8-7-9-14-22)29(33)30-20(3)23-15-11-17-25(19-23)34-4/h7-20H,5-6H2,1-4H3,(H,30,33)/t20-/m0/s1. The van der Waals surface area contributed by atoms with E-state index in [0.717, 1.165) is 34.7 Å². The molecule has 0 spiro atoms. The van der Waals surface area contributed by atoms with Gasteiger partial charge in [0.05, 0.1) is 13.2 Å². The molecule has 5 heteroatoms. The zero-order chi connectivity index (χ0) is 24.1. The number of benzene rings is 3. The molecule has 0 fully saturated rings. The molecule has 3 aromatic carbocycles. The molecule has 5 nitrogen and oxygen atoms in total. The van der Waals surface area contributed by atoms with Crippen molar-refractivity contribution < 1.29 is 9.53 Å². The number of aryl methyl sites for hydroxylation is 1. The highest BCUT2D eigenvalue weighted by atomic mass is 16.5. The topological polar surface area (TPSA) is 56.2 Å². The van der Waals surface area contributed by atoms with Gasteiger partial charge in [-0.3, -0.25) is 4.79 Å². The highest BCUT2D eigenvalue weighted by Gasteiger charge is 2.25. The maximum atomic E-state index is 13.8. The Balaban J connectivity index is 1.80. The number of nitrogens with one attached hydrogen (secondary N) is 1. The van der Waals surface area contributed by atoms with Gasteiger partial charge in [0.25, 0.3) is 5.91 Å². The molecule has 174 valence electrons. The average molecular weight is 454 g/mol. The number of rotatable bonds is 8. The van der Waals surface area contributed by atoms with Crippen LogP contribution in [0.1, 0.15) is 48.4 Å². The number of methoxy groups -OCH3 is 1. The first-order valence-corrected chi connectivity index (χ1v) is 11.8. The van der Waals surface area contributed by atoms with Gasteiger partial charge in [0.2, 0.25) is 0 Å². The van der Waals surface area contributed by atoms with Crippen molar-refractivity contribution in [1.82, 2.24) is 14.9 Å². The molecular weight excluding hydrogens is 422 g/mol. The predicted molar refractivity (Wildman–Crippen MR) is 137 cm³/mol.